The lowest BCUT2D eigenvalue weighted by atomic mass is 10.2. The number of hydrogen-bond donors (Lipinski definition) is 3. The van der Waals surface area contributed by atoms with Gasteiger partial charge in [-0.25, -0.2) is 14.3 Å². The summed E-state index contributed by atoms with van der Waals surface area (Å²) in [6.07, 6.45) is 0. The van der Waals surface area contributed by atoms with Crippen LogP contribution in [-0.2, 0) is 10.0 Å². The lowest BCUT2D eigenvalue weighted by Gasteiger charge is -2.08. The van der Waals surface area contributed by atoms with Crippen molar-refractivity contribution >= 4 is 21.6 Å². The van der Waals surface area contributed by atoms with E-state index in [9.17, 15) is 13.2 Å². The van der Waals surface area contributed by atoms with Gasteiger partial charge in [0, 0.05) is 11.3 Å². The van der Waals surface area contributed by atoms with Gasteiger partial charge in [0.2, 0.25) is 0 Å². The Morgan fingerprint density at radius 3 is 2.10 bits per heavy atom. The maximum absolute atomic E-state index is 12.1. The van der Waals surface area contributed by atoms with Gasteiger partial charge in [-0.2, -0.15) is 0 Å². The quantitative estimate of drug-likeness (QED) is 0.446. The number of carbonyl (C=O) groups is 1. The van der Waals surface area contributed by atoms with Gasteiger partial charge in [-0.15, -0.1) is 0 Å². The first-order valence-corrected chi connectivity index (χ1v) is 7.20. The summed E-state index contributed by atoms with van der Waals surface area (Å²) in [7, 11) is -3.63. The molecule has 4 N–H and O–H groups in total. The predicted octanol–water partition coefficient (Wildman–Crippen LogP) is 1.09. The van der Waals surface area contributed by atoms with Crippen molar-refractivity contribution < 1.29 is 13.2 Å². The number of carbonyl (C=O) groups excluding carboxylic acids is 1. The average molecular weight is 291 g/mol. The molecule has 0 aliphatic carbocycles. The van der Waals surface area contributed by atoms with Crippen LogP contribution in [0.1, 0.15) is 10.4 Å². The number of nitrogens with two attached hydrogens (primary N) is 1. The van der Waals surface area contributed by atoms with Gasteiger partial charge in [-0.3, -0.25) is 14.9 Å². The number of nitrogen functional groups attached to an aromatic ring is 1. The van der Waals surface area contributed by atoms with Gasteiger partial charge >= 0.3 is 0 Å². The maximum atomic E-state index is 12.1. The Balaban J connectivity index is 2.20. The zero-order chi connectivity index (χ0) is 14.6. The molecule has 0 saturated heterocycles. The fourth-order valence-electron chi connectivity index (χ4n) is 1.59. The topological polar surface area (TPSA) is 101 Å². The molecule has 0 aliphatic rings. The van der Waals surface area contributed by atoms with E-state index in [1.807, 2.05) is 5.43 Å². The lowest BCUT2D eigenvalue weighted by Crippen LogP contribution is -2.29. The summed E-state index contributed by atoms with van der Waals surface area (Å²) in [6.45, 7) is 0. The van der Waals surface area contributed by atoms with Crippen LogP contribution in [0.25, 0.3) is 0 Å². The smallest absolute Gasteiger partial charge is 0.265 e. The van der Waals surface area contributed by atoms with Crippen LogP contribution >= 0.6 is 0 Å². The molecule has 7 heteroatoms. The molecule has 2 aromatic rings. The number of hydrazine groups is 1. The number of amides is 1. The lowest BCUT2D eigenvalue weighted by molar-refractivity contribution is 0.0953. The Hall–Kier alpha value is -2.38. The van der Waals surface area contributed by atoms with Crippen molar-refractivity contribution in [1.82, 2.24) is 5.43 Å². The van der Waals surface area contributed by atoms with Gasteiger partial charge in [0.05, 0.1) is 4.90 Å². The highest BCUT2D eigenvalue weighted by atomic mass is 32.2. The third kappa shape index (κ3) is 3.14. The maximum Gasteiger partial charge on any atom is 0.265 e. The number of sulfonamides is 1. The van der Waals surface area contributed by atoms with Crippen LogP contribution in [0.15, 0.2) is 59.5 Å². The molecule has 6 nitrogen and oxygen atoms in total. The number of anilines is 1. The summed E-state index contributed by atoms with van der Waals surface area (Å²) >= 11 is 0. The second-order valence-corrected chi connectivity index (χ2v) is 5.65. The molecule has 0 aliphatic heterocycles. The van der Waals surface area contributed by atoms with E-state index in [2.05, 4.69) is 4.72 Å². The highest BCUT2D eigenvalue weighted by molar-refractivity contribution is 7.92. The van der Waals surface area contributed by atoms with Gasteiger partial charge in [0.15, 0.2) is 0 Å². The van der Waals surface area contributed by atoms with E-state index in [0.717, 1.165) is 0 Å². The first-order valence-electron chi connectivity index (χ1n) is 5.72. The van der Waals surface area contributed by atoms with Crippen molar-refractivity contribution in [3.63, 3.8) is 0 Å². The van der Waals surface area contributed by atoms with Crippen molar-refractivity contribution in [2.24, 2.45) is 5.84 Å². The van der Waals surface area contributed by atoms with Crippen LogP contribution < -0.4 is 16.0 Å². The second-order valence-electron chi connectivity index (χ2n) is 3.97. The SMILES string of the molecule is NNC(=O)c1ccc(NS(=O)(=O)c2ccccc2)cc1. The van der Waals surface area contributed by atoms with E-state index in [1.165, 1.54) is 36.4 Å². The largest absolute Gasteiger partial charge is 0.290 e. The van der Waals surface area contributed by atoms with Crippen LogP contribution in [0.4, 0.5) is 5.69 Å². The summed E-state index contributed by atoms with van der Waals surface area (Å²) < 4.78 is 26.6. The Kier molecular flexibility index (Phi) is 4.02. The summed E-state index contributed by atoms with van der Waals surface area (Å²) in [5.74, 6) is 4.57. The van der Waals surface area contributed by atoms with Crippen molar-refractivity contribution in [1.29, 1.82) is 0 Å². The molecule has 0 fully saturated rings. The van der Waals surface area contributed by atoms with Gasteiger partial charge in [-0.05, 0) is 36.4 Å². The standard InChI is InChI=1S/C13H13N3O3S/c14-15-13(17)10-6-8-11(9-7-10)16-20(18,19)12-4-2-1-3-5-12/h1-9,16H,14H2,(H,15,17). The Labute approximate surface area is 116 Å². The van der Waals surface area contributed by atoms with E-state index in [0.29, 0.717) is 11.3 Å². The van der Waals surface area contributed by atoms with Crippen LogP contribution in [0.5, 0.6) is 0 Å². The van der Waals surface area contributed by atoms with Crippen LogP contribution in [0.3, 0.4) is 0 Å². The summed E-state index contributed by atoms with van der Waals surface area (Å²) in [6, 6.07) is 14.0. The molecule has 0 aromatic heterocycles. The molecule has 0 spiro atoms. The van der Waals surface area contributed by atoms with Gasteiger partial charge < -0.3 is 0 Å². The number of benzene rings is 2. The van der Waals surface area contributed by atoms with Crippen molar-refractivity contribution in [2.45, 2.75) is 4.90 Å². The van der Waals surface area contributed by atoms with E-state index < -0.39 is 15.9 Å². The molecule has 2 aromatic carbocycles. The molecule has 0 unspecified atom stereocenters. The highest BCUT2D eigenvalue weighted by Crippen LogP contribution is 2.16. The normalized spacial score (nSPS) is 10.8. The third-order valence-corrected chi connectivity index (χ3v) is 3.98. The van der Waals surface area contributed by atoms with E-state index >= 15 is 0 Å². The van der Waals surface area contributed by atoms with Crippen LogP contribution in [-0.4, -0.2) is 14.3 Å². The van der Waals surface area contributed by atoms with E-state index in [-0.39, 0.29) is 4.90 Å². The van der Waals surface area contributed by atoms with Crippen LogP contribution in [0, 0.1) is 0 Å². The van der Waals surface area contributed by atoms with Gasteiger partial charge in [0.25, 0.3) is 15.9 Å². The fourth-order valence-corrected chi connectivity index (χ4v) is 2.67. The van der Waals surface area contributed by atoms with Gasteiger partial charge in [0.1, 0.15) is 0 Å². The van der Waals surface area contributed by atoms with Crippen molar-refractivity contribution in [2.75, 3.05) is 4.72 Å². The third-order valence-electron chi connectivity index (χ3n) is 2.58. The predicted molar refractivity (Wildman–Crippen MR) is 75.3 cm³/mol. The molecule has 104 valence electrons. The van der Waals surface area contributed by atoms with Crippen molar-refractivity contribution in [3.05, 3.63) is 60.2 Å². The van der Waals surface area contributed by atoms with E-state index in [1.54, 1.807) is 18.2 Å². The molecule has 0 saturated carbocycles. The van der Waals surface area contributed by atoms with Crippen molar-refractivity contribution in [3.8, 4) is 0 Å². The minimum atomic E-state index is -3.63. The molecule has 2 rings (SSSR count). The zero-order valence-corrected chi connectivity index (χ0v) is 11.2. The summed E-state index contributed by atoms with van der Waals surface area (Å²) in [4.78, 5) is 11.4. The summed E-state index contributed by atoms with van der Waals surface area (Å²) in [5, 5.41) is 0. The monoisotopic (exact) mass is 291 g/mol. The highest BCUT2D eigenvalue weighted by Gasteiger charge is 2.13. The number of hydrogen-bond acceptors (Lipinski definition) is 4. The Morgan fingerprint density at radius 2 is 1.55 bits per heavy atom. The molecule has 0 heterocycles. The molecule has 20 heavy (non-hydrogen) atoms. The average Bonchev–Trinajstić information content (AvgIpc) is 2.48. The summed E-state index contributed by atoms with van der Waals surface area (Å²) in [5.41, 5.74) is 2.70. The molecular formula is C13H13N3O3S. The van der Waals surface area contributed by atoms with Gasteiger partial charge in [-0.1, -0.05) is 18.2 Å². The minimum absolute atomic E-state index is 0.170. The molecular weight excluding hydrogens is 278 g/mol. The Bertz CT molecular complexity index is 697. The Morgan fingerprint density at radius 1 is 0.950 bits per heavy atom. The first kappa shape index (κ1) is 14.0. The van der Waals surface area contributed by atoms with Crippen LogP contribution in [0.2, 0.25) is 0 Å². The zero-order valence-electron chi connectivity index (χ0n) is 10.4. The molecule has 0 radical (unpaired) electrons. The van der Waals surface area contributed by atoms with E-state index in [4.69, 9.17) is 5.84 Å². The molecule has 0 bridgehead atoms. The fraction of sp³-hybridized carbons (Fsp3) is 0. The molecule has 0 atom stereocenters. The first-order chi connectivity index (χ1) is 9.53. The number of rotatable bonds is 4. The molecule has 1 amide bonds. The minimum Gasteiger partial charge on any atom is -0.290 e. The second kappa shape index (κ2) is 5.72. The number of nitrogens with one attached hydrogen (secondary N) is 2.